The maximum atomic E-state index is 12.6. The first kappa shape index (κ1) is 36.6. The Hall–Kier alpha value is -2.42. The molecule has 0 aromatic carbocycles. The van der Waals surface area contributed by atoms with Crippen LogP contribution in [0.15, 0.2) is 0 Å². The Morgan fingerprint density at radius 1 is 0.487 bits per heavy atom. The third-order valence-corrected chi connectivity index (χ3v) is 6.67. The van der Waals surface area contributed by atoms with E-state index in [0.717, 1.165) is 38.5 Å². The molecule has 0 saturated heterocycles. The van der Waals surface area contributed by atoms with Gasteiger partial charge in [-0.2, -0.15) is 0 Å². The van der Waals surface area contributed by atoms with Crippen LogP contribution in [0.5, 0.6) is 0 Å². The van der Waals surface area contributed by atoms with Crippen molar-refractivity contribution in [2.45, 2.75) is 117 Å². The Morgan fingerprint density at radius 2 is 0.821 bits per heavy atom. The molecule has 2 N–H and O–H groups in total. The minimum atomic E-state index is -0.432. The molecule has 0 spiro atoms. The molecule has 9 nitrogen and oxygen atoms in total. The molecule has 2 amide bonds. The Morgan fingerprint density at radius 3 is 1.15 bits per heavy atom. The molecule has 0 aliphatic heterocycles. The lowest BCUT2D eigenvalue weighted by molar-refractivity contribution is -0.126. The molecule has 0 aliphatic carbocycles. The summed E-state index contributed by atoms with van der Waals surface area (Å²) in [5.41, 5.74) is -0.432. The van der Waals surface area contributed by atoms with E-state index in [0.29, 0.717) is 51.4 Å². The summed E-state index contributed by atoms with van der Waals surface area (Å²) < 4.78 is 0. The molecule has 0 fully saturated rings. The number of Topliss-reactive ketones (excluding diaryl/α,β-unsaturated/α-hetero) is 4. The fourth-order valence-corrected chi connectivity index (χ4v) is 4.15. The van der Waals surface area contributed by atoms with Gasteiger partial charge in [-0.05, 0) is 32.1 Å². The topological polar surface area (TPSA) is 130 Å². The number of hydrogen-bond donors (Lipinski definition) is 2. The van der Waals surface area contributed by atoms with Gasteiger partial charge in [0, 0.05) is 58.0 Å². The van der Waals surface area contributed by atoms with E-state index >= 15 is 0 Å². The molecule has 9 heteroatoms. The number of nitrogens with zero attached hydrogens (tertiary/aromatic N) is 1. The van der Waals surface area contributed by atoms with Gasteiger partial charge in [-0.15, -0.1) is 0 Å². The molecular formula is C30H53N3O6. The molecule has 0 heterocycles. The van der Waals surface area contributed by atoms with Crippen molar-refractivity contribution in [3.05, 3.63) is 0 Å². The average molecular weight is 552 g/mol. The zero-order chi connectivity index (χ0) is 29.7. The van der Waals surface area contributed by atoms with Crippen LogP contribution in [0.4, 0.5) is 0 Å². The summed E-state index contributed by atoms with van der Waals surface area (Å²) in [6, 6.07) is 0. The standard InChI is InChI=1S/C30H53N3O6/c1-30(2,3)27(37)18-14-17-26(36)23-33(21-24(34)15-10-6-8-12-19-28(38)31-4)22-25(35)16-11-7-9-13-20-29(39)32-5/h6-23H2,1-5H3,(H,31,38)(H,32,39). The summed E-state index contributed by atoms with van der Waals surface area (Å²) in [4.78, 5) is 74.2. The molecule has 0 atom stereocenters. The Bertz CT molecular complexity index is 746. The van der Waals surface area contributed by atoms with Crippen molar-refractivity contribution in [1.29, 1.82) is 0 Å². The fourth-order valence-electron chi connectivity index (χ4n) is 4.15. The van der Waals surface area contributed by atoms with Crippen LogP contribution in [0.3, 0.4) is 0 Å². The van der Waals surface area contributed by atoms with Gasteiger partial charge >= 0.3 is 0 Å². The van der Waals surface area contributed by atoms with Crippen LogP contribution >= 0.6 is 0 Å². The van der Waals surface area contributed by atoms with E-state index in [-0.39, 0.29) is 61.0 Å². The molecule has 0 unspecified atom stereocenters. The number of carbonyl (C=O) groups is 6. The maximum absolute atomic E-state index is 12.6. The summed E-state index contributed by atoms with van der Waals surface area (Å²) >= 11 is 0. The summed E-state index contributed by atoms with van der Waals surface area (Å²) in [5, 5.41) is 5.19. The molecule has 0 aliphatic rings. The minimum absolute atomic E-state index is 0.000914. The van der Waals surface area contributed by atoms with Crippen LogP contribution in [-0.2, 0) is 28.8 Å². The highest BCUT2D eigenvalue weighted by Crippen LogP contribution is 2.18. The molecule has 0 aromatic rings. The third kappa shape index (κ3) is 21.1. The van der Waals surface area contributed by atoms with Crippen molar-refractivity contribution in [3.8, 4) is 0 Å². The fraction of sp³-hybridized carbons (Fsp3) is 0.800. The predicted molar refractivity (Wildman–Crippen MR) is 153 cm³/mol. The first-order chi connectivity index (χ1) is 18.4. The Kier molecular flexibility index (Phi) is 20.1. The van der Waals surface area contributed by atoms with Gasteiger partial charge in [0.05, 0.1) is 19.6 Å². The lowest BCUT2D eigenvalue weighted by Gasteiger charge is -2.20. The van der Waals surface area contributed by atoms with Crippen molar-refractivity contribution < 1.29 is 28.8 Å². The van der Waals surface area contributed by atoms with E-state index in [1.165, 1.54) is 0 Å². The zero-order valence-electron chi connectivity index (χ0n) is 25.1. The van der Waals surface area contributed by atoms with Crippen LogP contribution in [-0.4, -0.2) is 73.6 Å². The molecule has 0 bridgehead atoms. The number of amides is 2. The summed E-state index contributed by atoms with van der Waals surface area (Å²) in [6.45, 7) is 5.73. The second kappa shape index (κ2) is 21.4. The van der Waals surface area contributed by atoms with Crippen LogP contribution in [0.2, 0.25) is 0 Å². The first-order valence-electron chi connectivity index (χ1n) is 14.6. The van der Waals surface area contributed by atoms with Crippen LogP contribution < -0.4 is 10.6 Å². The quantitative estimate of drug-likeness (QED) is 0.174. The van der Waals surface area contributed by atoms with Crippen molar-refractivity contribution in [3.63, 3.8) is 0 Å². The van der Waals surface area contributed by atoms with Gasteiger partial charge in [0.1, 0.15) is 23.1 Å². The molecule has 224 valence electrons. The van der Waals surface area contributed by atoms with Gasteiger partial charge < -0.3 is 10.6 Å². The first-order valence-corrected chi connectivity index (χ1v) is 14.6. The van der Waals surface area contributed by atoms with E-state index in [4.69, 9.17) is 0 Å². The number of hydrogen-bond acceptors (Lipinski definition) is 7. The SMILES string of the molecule is CNC(=O)CCCCCCC(=O)CN(CC(=O)CCCCCCC(=O)NC)CC(=O)CCCC(=O)C(C)(C)C. The number of carbonyl (C=O) groups excluding carboxylic acids is 6. The Balaban J connectivity index is 4.65. The summed E-state index contributed by atoms with van der Waals surface area (Å²) in [7, 11) is 3.23. The second-order valence-electron chi connectivity index (χ2n) is 11.5. The van der Waals surface area contributed by atoms with E-state index in [2.05, 4.69) is 10.6 Å². The highest BCUT2D eigenvalue weighted by Gasteiger charge is 2.22. The smallest absolute Gasteiger partial charge is 0.219 e. The van der Waals surface area contributed by atoms with Gasteiger partial charge in [-0.25, -0.2) is 0 Å². The summed E-state index contributed by atoms with van der Waals surface area (Å²) in [5.74, 6) is 0.0762. The largest absolute Gasteiger partial charge is 0.359 e. The van der Waals surface area contributed by atoms with E-state index < -0.39 is 5.41 Å². The van der Waals surface area contributed by atoms with Gasteiger partial charge in [0.15, 0.2) is 0 Å². The lowest BCUT2D eigenvalue weighted by Crippen LogP contribution is -2.38. The normalized spacial score (nSPS) is 11.3. The highest BCUT2D eigenvalue weighted by molar-refractivity contribution is 5.87. The van der Waals surface area contributed by atoms with E-state index in [1.54, 1.807) is 19.0 Å². The van der Waals surface area contributed by atoms with Gasteiger partial charge in [0.2, 0.25) is 11.8 Å². The minimum Gasteiger partial charge on any atom is -0.359 e. The zero-order valence-corrected chi connectivity index (χ0v) is 25.1. The number of nitrogens with one attached hydrogen (secondary N) is 2. The molecule has 0 rings (SSSR count). The van der Waals surface area contributed by atoms with E-state index in [1.807, 2.05) is 20.8 Å². The third-order valence-electron chi connectivity index (χ3n) is 6.67. The number of rotatable bonds is 24. The van der Waals surface area contributed by atoms with Crippen molar-refractivity contribution in [2.75, 3.05) is 33.7 Å². The van der Waals surface area contributed by atoms with Gasteiger partial charge in [-0.3, -0.25) is 33.7 Å². The highest BCUT2D eigenvalue weighted by atomic mass is 16.2. The molecule has 0 saturated carbocycles. The van der Waals surface area contributed by atoms with Crippen LogP contribution in [0.25, 0.3) is 0 Å². The lowest BCUT2D eigenvalue weighted by atomic mass is 9.88. The second-order valence-corrected chi connectivity index (χ2v) is 11.5. The molecular weight excluding hydrogens is 498 g/mol. The monoisotopic (exact) mass is 551 g/mol. The predicted octanol–water partition coefficient (Wildman–Crippen LogP) is 3.95. The number of unbranched alkanes of at least 4 members (excludes halogenated alkanes) is 6. The molecule has 0 aromatic heterocycles. The van der Waals surface area contributed by atoms with Gasteiger partial charge in [0.25, 0.3) is 0 Å². The van der Waals surface area contributed by atoms with Crippen LogP contribution in [0, 0.1) is 5.41 Å². The van der Waals surface area contributed by atoms with Crippen molar-refractivity contribution >= 4 is 34.9 Å². The molecule has 39 heavy (non-hydrogen) atoms. The molecule has 0 radical (unpaired) electrons. The van der Waals surface area contributed by atoms with Crippen molar-refractivity contribution in [2.24, 2.45) is 5.41 Å². The number of ketones is 4. The van der Waals surface area contributed by atoms with E-state index in [9.17, 15) is 28.8 Å². The average Bonchev–Trinajstić information content (AvgIpc) is 2.86. The van der Waals surface area contributed by atoms with Crippen LogP contribution in [0.1, 0.15) is 117 Å². The van der Waals surface area contributed by atoms with Crippen molar-refractivity contribution in [1.82, 2.24) is 15.5 Å². The maximum Gasteiger partial charge on any atom is 0.219 e. The Labute approximate surface area is 235 Å². The van der Waals surface area contributed by atoms with Gasteiger partial charge in [-0.1, -0.05) is 46.5 Å². The summed E-state index contributed by atoms with van der Waals surface area (Å²) in [6.07, 6.45) is 9.23.